The van der Waals surface area contributed by atoms with Crippen molar-refractivity contribution in [2.75, 3.05) is 38.8 Å². The quantitative estimate of drug-likeness (QED) is 0.680. The molecule has 0 aliphatic heterocycles. The Labute approximate surface area is 114 Å². The van der Waals surface area contributed by atoms with Gasteiger partial charge in [-0.2, -0.15) is 0 Å². The van der Waals surface area contributed by atoms with Gasteiger partial charge in [0.05, 0.1) is 6.54 Å². The predicted molar refractivity (Wildman–Crippen MR) is 77.1 cm³/mol. The van der Waals surface area contributed by atoms with E-state index in [0.29, 0.717) is 26.2 Å². The number of ether oxygens (including phenoxy) is 1. The van der Waals surface area contributed by atoms with Crippen LogP contribution in [0.15, 0.2) is 24.3 Å². The van der Waals surface area contributed by atoms with Gasteiger partial charge in [0, 0.05) is 39.5 Å². The summed E-state index contributed by atoms with van der Waals surface area (Å²) in [7, 11) is 3.55. The van der Waals surface area contributed by atoms with Gasteiger partial charge in [-0.1, -0.05) is 12.1 Å². The Kier molecular flexibility index (Phi) is 6.92. The Morgan fingerprint density at radius 2 is 2.05 bits per heavy atom. The smallest absolute Gasteiger partial charge is 0.239 e. The van der Waals surface area contributed by atoms with Crippen LogP contribution < -0.4 is 16.0 Å². The average molecular weight is 265 g/mol. The highest BCUT2D eigenvalue weighted by molar-refractivity contribution is 5.81. The number of likely N-dealkylation sites (N-methyl/N-ethyl adjacent to an activating group) is 1. The summed E-state index contributed by atoms with van der Waals surface area (Å²) in [4.78, 5) is 13.6. The van der Waals surface area contributed by atoms with Gasteiger partial charge in [-0.15, -0.1) is 0 Å². The van der Waals surface area contributed by atoms with E-state index in [9.17, 15) is 4.79 Å². The molecule has 0 heterocycles. The molecule has 1 aromatic carbocycles. The molecule has 106 valence electrons. The van der Waals surface area contributed by atoms with Crippen LogP contribution in [0.3, 0.4) is 0 Å². The largest absolute Gasteiger partial charge is 0.385 e. The van der Waals surface area contributed by atoms with E-state index in [0.717, 1.165) is 17.7 Å². The van der Waals surface area contributed by atoms with E-state index in [1.807, 2.05) is 36.2 Å². The first kappa shape index (κ1) is 15.5. The van der Waals surface area contributed by atoms with Gasteiger partial charge in [-0.3, -0.25) is 4.79 Å². The van der Waals surface area contributed by atoms with Gasteiger partial charge in [0.1, 0.15) is 0 Å². The normalized spacial score (nSPS) is 10.3. The lowest BCUT2D eigenvalue weighted by atomic mass is 10.2. The molecule has 0 spiro atoms. The molecule has 0 atom stereocenters. The molecule has 19 heavy (non-hydrogen) atoms. The number of hydrogen-bond donors (Lipinski definition) is 2. The molecule has 0 radical (unpaired) electrons. The lowest BCUT2D eigenvalue weighted by Gasteiger charge is -2.19. The van der Waals surface area contributed by atoms with Crippen LogP contribution in [0.4, 0.5) is 5.69 Å². The summed E-state index contributed by atoms with van der Waals surface area (Å²) in [5.74, 6) is 0.0153. The zero-order valence-corrected chi connectivity index (χ0v) is 11.7. The molecule has 0 aromatic heterocycles. The van der Waals surface area contributed by atoms with Crippen LogP contribution in [0.1, 0.15) is 12.0 Å². The summed E-state index contributed by atoms with van der Waals surface area (Å²) in [6, 6.07) is 7.89. The van der Waals surface area contributed by atoms with Gasteiger partial charge in [0.25, 0.3) is 0 Å². The SMILES string of the molecule is COCCCNC(=O)CN(C)c1ccc(CN)cc1. The maximum Gasteiger partial charge on any atom is 0.239 e. The fourth-order valence-electron chi connectivity index (χ4n) is 1.69. The van der Waals surface area contributed by atoms with Crippen molar-refractivity contribution in [3.05, 3.63) is 29.8 Å². The second kappa shape index (κ2) is 8.50. The third kappa shape index (κ3) is 5.72. The van der Waals surface area contributed by atoms with Gasteiger partial charge in [0.15, 0.2) is 0 Å². The molecule has 5 heteroatoms. The van der Waals surface area contributed by atoms with Crippen LogP contribution in [0.5, 0.6) is 0 Å². The lowest BCUT2D eigenvalue weighted by Crippen LogP contribution is -2.35. The molecule has 0 saturated carbocycles. The summed E-state index contributed by atoms with van der Waals surface area (Å²) >= 11 is 0. The minimum absolute atomic E-state index is 0.0153. The lowest BCUT2D eigenvalue weighted by molar-refractivity contribution is -0.119. The van der Waals surface area contributed by atoms with E-state index in [1.54, 1.807) is 7.11 Å². The number of nitrogens with one attached hydrogen (secondary N) is 1. The van der Waals surface area contributed by atoms with Crippen molar-refractivity contribution >= 4 is 11.6 Å². The molecule has 5 nitrogen and oxygen atoms in total. The van der Waals surface area contributed by atoms with Gasteiger partial charge in [0.2, 0.25) is 5.91 Å². The molecule has 0 unspecified atom stereocenters. The second-order valence-electron chi connectivity index (χ2n) is 4.42. The van der Waals surface area contributed by atoms with Crippen LogP contribution in [0, 0.1) is 0 Å². The molecule has 1 aromatic rings. The fraction of sp³-hybridized carbons (Fsp3) is 0.500. The minimum atomic E-state index is 0.0153. The third-order valence-corrected chi connectivity index (χ3v) is 2.84. The monoisotopic (exact) mass is 265 g/mol. The first-order valence-corrected chi connectivity index (χ1v) is 6.43. The number of carbonyl (C=O) groups is 1. The molecule has 0 fully saturated rings. The Bertz CT molecular complexity index is 379. The van der Waals surface area contributed by atoms with E-state index in [1.165, 1.54) is 0 Å². The van der Waals surface area contributed by atoms with Gasteiger partial charge >= 0.3 is 0 Å². The summed E-state index contributed by atoms with van der Waals surface area (Å²) in [6.07, 6.45) is 0.831. The Morgan fingerprint density at radius 1 is 1.37 bits per heavy atom. The summed E-state index contributed by atoms with van der Waals surface area (Å²) in [5.41, 5.74) is 7.64. The molecular formula is C14H23N3O2. The molecule has 0 saturated heterocycles. The van der Waals surface area contributed by atoms with E-state index < -0.39 is 0 Å². The van der Waals surface area contributed by atoms with Crippen molar-refractivity contribution in [2.45, 2.75) is 13.0 Å². The Morgan fingerprint density at radius 3 is 2.63 bits per heavy atom. The van der Waals surface area contributed by atoms with Crippen molar-refractivity contribution < 1.29 is 9.53 Å². The molecule has 3 N–H and O–H groups in total. The topological polar surface area (TPSA) is 67.6 Å². The van der Waals surface area contributed by atoms with E-state index in [2.05, 4.69) is 5.32 Å². The van der Waals surface area contributed by atoms with Crippen LogP contribution >= 0.6 is 0 Å². The molecule has 0 aliphatic rings. The van der Waals surface area contributed by atoms with Crippen LogP contribution in [-0.4, -0.2) is 39.8 Å². The van der Waals surface area contributed by atoms with E-state index in [4.69, 9.17) is 10.5 Å². The number of carbonyl (C=O) groups excluding carboxylic acids is 1. The molecule has 0 bridgehead atoms. The maximum atomic E-state index is 11.7. The van der Waals surface area contributed by atoms with Gasteiger partial charge in [-0.05, 0) is 24.1 Å². The number of hydrogen-bond acceptors (Lipinski definition) is 4. The number of nitrogens with two attached hydrogens (primary N) is 1. The fourth-order valence-corrected chi connectivity index (χ4v) is 1.69. The van der Waals surface area contributed by atoms with Gasteiger partial charge in [-0.25, -0.2) is 0 Å². The number of benzene rings is 1. The first-order chi connectivity index (χ1) is 9.17. The van der Waals surface area contributed by atoms with Crippen molar-refractivity contribution in [2.24, 2.45) is 5.73 Å². The number of nitrogens with zero attached hydrogens (tertiary/aromatic N) is 1. The number of methoxy groups -OCH3 is 1. The van der Waals surface area contributed by atoms with Crippen LogP contribution in [-0.2, 0) is 16.1 Å². The Balaban J connectivity index is 2.36. The average Bonchev–Trinajstić information content (AvgIpc) is 2.43. The third-order valence-electron chi connectivity index (χ3n) is 2.84. The molecule has 1 rings (SSSR count). The van der Waals surface area contributed by atoms with E-state index >= 15 is 0 Å². The highest BCUT2D eigenvalue weighted by Gasteiger charge is 2.06. The summed E-state index contributed by atoms with van der Waals surface area (Å²) < 4.78 is 4.92. The van der Waals surface area contributed by atoms with Crippen molar-refractivity contribution in [3.8, 4) is 0 Å². The number of amides is 1. The van der Waals surface area contributed by atoms with Crippen molar-refractivity contribution in [3.63, 3.8) is 0 Å². The summed E-state index contributed by atoms with van der Waals surface area (Å²) in [6.45, 7) is 2.18. The number of anilines is 1. The van der Waals surface area contributed by atoms with Crippen molar-refractivity contribution in [1.82, 2.24) is 5.32 Å². The zero-order valence-electron chi connectivity index (χ0n) is 11.7. The zero-order chi connectivity index (χ0) is 14.1. The summed E-state index contributed by atoms with van der Waals surface area (Å²) in [5, 5.41) is 2.86. The standard InChI is InChI=1S/C14H23N3O2/c1-17(11-14(18)16-8-3-9-19-2)13-6-4-12(10-15)5-7-13/h4-7H,3,8-11,15H2,1-2H3,(H,16,18). The number of rotatable bonds is 8. The van der Waals surface area contributed by atoms with Crippen molar-refractivity contribution in [1.29, 1.82) is 0 Å². The van der Waals surface area contributed by atoms with Crippen LogP contribution in [0.25, 0.3) is 0 Å². The van der Waals surface area contributed by atoms with Gasteiger partial charge < -0.3 is 20.7 Å². The Hall–Kier alpha value is -1.59. The maximum absolute atomic E-state index is 11.7. The predicted octanol–water partition coefficient (Wildman–Crippen LogP) is 0.734. The molecule has 0 aliphatic carbocycles. The molecular weight excluding hydrogens is 242 g/mol. The molecule has 1 amide bonds. The highest BCUT2D eigenvalue weighted by atomic mass is 16.5. The highest BCUT2D eigenvalue weighted by Crippen LogP contribution is 2.13. The second-order valence-corrected chi connectivity index (χ2v) is 4.42. The van der Waals surface area contributed by atoms with Crippen LogP contribution in [0.2, 0.25) is 0 Å². The minimum Gasteiger partial charge on any atom is -0.385 e. The first-order valence-electron chi connectivity index (χ1n) is 6.43. The van der Waals surface area contributed by atoms with E-state index in [-0.39, 0.29) is 5.91 Å².